The molecule has 0 bridgehead atoms. The Hall–Kier alpha value is -2.09. The Morgan fingerprint density at radius 3 is 3.00 bits per heavy atom. The van der Waals surface area contributed by atoms with Gasteiger partial charge in [0.05, 0.1) is 12.5 Å². The molecule has 0 saturated heterocycles. The Bertz CT molecular complexity index is 421. The van der Waals surface area contributed by atoms with E-state index in [1.54, 1.807) is 6.08 Å². The maximum absolute atomic E-state index is 8.55. The van der Waals surface area contributed by atoms with Crippen molar-refractivity contribution in [2.24, 2.45) is 0 Å². The lowest BCUT2D eigenvalue weighted by Crippen LogP contribution is -2.20. The van der Waals surface area contributed by atoms with Crippen LogP contribution in [0.4, 0.5) is 11.6 Å². The van der Waals surface area contributed by atoms with E-state index in [2.05, 4.69) is 27.9 Å². The smallest absolute Gasteiger partial charge is 0.134 e. The van der Waals surface area contributed by atoms with Crippen molar-refractivity contribution in [3.63, 3.8) is 0 Å². The van der Waals surface area contributed by atoms with Crippen molar-refractivity contribution in [1.29, 1.82) is 5.26 Å². The third-order valence-corrected chi connectivity index (χ3v) is 2.20. The van der Waals surface area contributed by atoms with Gasteiger partial charge in [0.1, 0.15) is 17.5 Å². The molecule has 5 nitrogen and oxygen atoms in total. The number of nitriles is 1. The van der Waals surface area contributed by atoms with Gasteiger partial charge in [0.2, 0.25) is 0 Å². The van der Waals surface area contributed by atoms with Crippen molar-refractivity contribution in [3.05, 3.63) is 24.5 Å². The summed E-state index contributed by atoms with van der Waals surface area (Å²) in [5.74, 6) is 2.30. The minimum Gasteiger partial charge on any atom is -0.366 e. The first-order valence-electron chi connectivity index (χ1n) is 5.46. The largest absolute Gasteiger partial charge is 0.366 e. The molecule has 0 aliphatic heterocycles. The minimum atomic E-state index is 0.481. The van der Waals surface area contributed by atoms with Crippen LogP contribution in [0.3, 0.4) is 0 Å². The van der Waals surface area contributed by atoms with E-state index in [0.717, 1.165) is 11.6 Å². The highest BCUT2D eigenvalue weighted by Gasteiger charge is 2.05. The van der Waals surface area contributed by atoms with Crippen LogP contribution in [0, 0.1) is 18.3 Å². The van der Waals surface area contributed by atoms with Crippen LogP contribution in [0.2, 0.25) is 0 Å². The summed E-state index contributed by atoms with van der Waals surface area (Å²) in [4.78, 5) is 10.5. The minimum absolute atomic E-state index is 0.481. The average molecular weight is 231 g/mol. The van der Waals surface area contributed by atoms with Crippen molar-refractivity contribution in [2.75, 3.05) is 30.4 Å². The van der Waals surface area contributed by atoms with E-state index in [9.17, 15) is 0 Å². The molecule has 0 aliphatic carbocycles. The lowest BCUT2D eigenvalue weighted by Gasteiger charge is -2.17. The quantitative estimate of drug-likeness (QED) is 0.755. The number of rotatable bonds is 6. The molecule has 0 aliphatic rings. The Kier molecular flexibility index (Phi) is 4.95. The van der Waals surface area contributed by atoms with Crippen molar-refractivity contribution in [3.8, 4) is 6.07 Å². The predicted octanol–water partition coefficient (Wildman–Crippen LogP) is 1.73. The van der Waals surface area contributed by atoms with Crippen LogP contribution in [-0.2, 0) is 0 Å². The van der Waals surface area contributed by atoms with E-state index in [4.69, 9.17) is 5.26 Å². The van der Waals surface area contributed by atoms with Crippen LogP contribution in [0.5, 0.6) is 0 Å². The van der Waals surface area contributed by atoms with Crippen molar-refractivity contribution >= 4 is 11.6 Å². The van der Waals surface area contributed by atoms with Gasteiger partial charge in [-0.3, -0.25) is 0 Å². The van der Waals surface area contributed by atoms with Gasteiger partial charge in [-0.1, -0.05) is 6.08 Å². The Morgan fingerprint density at radius 2 is 2.35 bits per heavy atom. The second-order valence-corrected chi connectivity index (χ2v) is 3.66. The number of hydrogen-bond donors (Lipinski definition) is 1. The van der Waals surface area contributed by atoms with Crippen LogP contribution in [-0.4, -0.2) is 30.1 Å². The molecule has 17 heavy (non-hydrogen) atoms. The molecule has 1 heterocycles. The Labute approximate surface area is 102 Å². The third-order valence-electron chi connectivity index (χ3n) is 2.20. The molecular weight excluding hydrogens is 214 g/mol. The standard InChI is InChI=1S/C12H17N5/c1-4-7-14-11-9-12(16-10(2)15-11)17(3)8-5-6-13/h4,9H,1,5,7-8H2,2-3H3,(H,14,15,16). The van der Waals surface area contributed by atoms with Crippen LogP contribution >= 0.6 is 0 Å². The molecule has 0 radical (unpaired) electrons. The molecule has 0 aromatic carbocycles. The summed E-state index contributed by atoms with van der Waals surface area (Å²) in [5.41, 5.74) is 0. The molecule has 1 N–H and O–H groups in total. The topological polar surface area (TPSA) is 64.8 Å². The molecule has 1 aromatic rings. The second-order valence-electron chi connectivity index (χ2n) is 3.66. The van der Waals surface area contributed by atoms with Gasteiger partial charge in [-0.15, -0.1) is 6.58 Å². The number of nitrogens with zero attached hydrogens (tertiary/aromatic N) is 4. The molecule has 1 rings (SSSR count). The summed E-state index contributed by atoms with van der Waals surface area (Å²) in [5, 5.41) is 11.7. The highest BCUT2D eigenvalue weighted by atomic mass is 15.2. The van der Waals surface area contributed by atoms with E-state index in [1.165, 1.54) is 0 Å². The molecule has 0 saturated carbocycles. The molecule has 0 atom stereocenters. The van der Waals surface area contributed by atoms with E-state index >= 15 is 0 Å². The van der Waals surface area contributed by atoms with Gasteiger partial charge < -0.3 is 10.2 Å². The fraction of sp³-hybridized carbons (Fsp3) is 0.417. The number of anilines is 2. The van der Waals surface area contributed by atoms with Gasteiger partial charge in [0.25, 0.3) is 0 Å². The molecule has 0 amide bonds. The van der Waals surface area contributed by atoms with Crippen LogP contribution < -0.4 is 10.2 Å². The van der Waals surface area contributed by atoms with Gasteiger partial charge >= 0.3 is 0 Å². The highest BCUT2D eigenvalue weighted by Crippen LogP contribution is 2.14. The van der Waals surface area contributed by atoms with Crippen molar-refractivity contribution in [2.45, 2.75) is 13.3 Å². The van der Waals surface area contributed by atoms with E-state index in [1.807, 2.05) is 24.9 Å². The summed E-state index contributed by atoms with van der Waals surface area (Å²) < 4.78 is 0. The monoisotopic (exact) mass is 231 g/mol. The van der Waals surface area contributed by atoms with E-state index in [-0.39, 0.29) is 0 Å². The van der Waals surface area contributed by atoms with Crippen molar-refractivity contribution < 1.29 is 0 Å². The van der Waals surface area contributed by atoms with Gasteiger partial charge in [-0.25, -0.2) is 9.97 Å². The number of aromatic nitrogens is 2. The molecule has 0 fully saturated rings. The highest BCUT2D eigenvalue weighted by molar-refractivity contribution is 5.49. The third kappa shape index (κ3) is 4.11. The Balaban J connectivity index is 2.81. The van der Waals surface area contributed by atoms with Crippen LogP contribution in [0.1, 0.15) is 12.2 Å². The zero-order valence-electron chi connectivity index (χ0n) is 10.3. The summed E-state index contributed by atoms with van der Waals surface area (Å²) in [6, 6.07) is 3.99. The van der Waals surface area contributed by atoms with Gasteiger partial charge in [-0.2, -0.15) is 5.26 Å². The fourth-order valence-electron chi connectivity index (χ4n) is 1.35. The zero-order chi connectivity index (χ0) is 12.7. The lowest BCUT2D eigenvalue weighted by atomic mass is 10.4. The predicted molar refractivity (Wildman–Crippen MR) is 69.0 cm³/mol. The molecule has 1 aromatic heterocycles. The van der Waals surface area contributed by atoms with Crippen LogP contribution in [0.15, 0.2) is 18.7 Å². The lowest BCUT2D eigenvalue weighted by molar-refractivity contribution is 0.870. The first-order chi connectivity index (χ1) is 8.17. The fourth-order valence-corrected chi connectivity index (χ4v) is 1.35. The Morgan fingerprint density at radius 1 is 1.59 bits per heavy atom. The molecule has 0 spiro atoms. The SMILES string of the molecule is C=CCNc1cc(N(C)CCC#N)nc(C)n1. The summed E-state index contributed by atoms with van der Waals surface area (Å²) in [6.45, 7) is 6.82. The van der Waals surface area contributed by atoms with Gasteiger partial charge in [0, 0.05) is 26.2 Å². The van der Waals surface area contributed by atoms with Crippen LogP contribution in [0.25, 0.3) is 0 Å². The number of aryl methyl sites for hydroxylation is 1. The van der Waals surface area contributed by atoms with Gasteiger partial charge in [0.15, 0.2) is 0 Å². The van der Waals surface area contributed by atoms with Gasteiger partial charge in [-0.05, 0) is 6.92 Å². The van der Waals surface area contributed by atoms with E-state index in [0.29, 0.717) is 25.3 Å². The average Bonchev–Trinajstić information content (AvgIpc) is 2.32. The molecular formula is C12H17N5. The first kappa shape index (κ1) is 13.0. The molecule has 90 valence electrons. The maximum Gasteiger partial charge on any atom is 0.134 e. The maximum atomic E-state index is 8.55. The summed E-state index contributed by atoms with van der Waals surface area (Å²) in [6.07, 6.45) is 2.26. The number of hydrogen-bond acceptors (Lipinski definition) is 5. The number of nitrogens with one attached hydrogen (secondary N) is 1. The second kappa shape index (κ2) is 6.48. The van der Waals surface area contributed by atoms with E-state index < -0.39 is 0 Å². The molecule has 5 heteroatoms. The zero-order valence-corrected chi connectivity index (χ0v) is 10.3. The first-order valence-corrected chi connectivity index (χ1v) is 5.46. The summed E-state index contributed by atoms with van der Waals surface area (Å²) >= 11 is 0. The normalized spacial score (nSPS) is 9.47. The summed E-state index contributed by atoms with van der Waals surface area (Å²) in [7, 11) is 1.91. The van der Waals surface area contributed by atoms with Crippen molar-refractivity contribution in [1.82, 2.24) is 9.97 Å². The molecule has 0 unspecified atom stereocenters.